The molecule has 0 spiro atoms. The van der Waals surface area contributed by atoms with Gasteiger partial charge in [-0.25, -0.2) is 4.68 Å². The Balaban J connectivity index is 1.97. The fraction of sp³-hybridized carbons (Fsp3) is 0.286. The number of carboxylic acid groups (broad SMARTS) is 1. The first kappa shape index (κ1) is 12.4. The van der Waals surface area contributed by atoms with Crippen LogP contribution in [0.5, 0.6) is 0 Å². The zero-order valence-electron chi connectivity index (χ0n) is 10.4. The Labute approximate surface area is 119 Å². The summed E-state index contributed by atoms with van der Waals surface area (Å²) in [7, 11) is 0. The van der Waals surface area contributed by atoms with E-state index in [1.807, 2.05) is 31.3 Å². The number of carboxylic acids is 1. The molecule has 1 aliphatic rings. The highest BCUT2D eigenvalue weighted by Crippen LogP contribution is 2.47. The summed E-state index contributed by atoms with van der Waals surface area (Å²) in [6.07, 6.45) is 3.17. The molecule has 98 valence electrons. The number of aliphatic carboxylic acids is 1. The number of aromatic nitrogens is 2. The first-order valence-electron chi connectivity index (χ1n) is 6.09. The molecule has 0 atom stereocenters. The third-order valence-corrected chi connectivity index (χ3v) is 4.51. The van der Waals surface area contributed by atoms with Gasteiger partial charge in [-0.05, 0) is 43.5 Å². The maximum atomic E-state index is 11.3. The molecule has 2 aromatic rings. The molecular formula is C14H13BrN2O2. The lowest BCUT2D eigenvalue weighted by Crippen LogP contribution is -2.20. The molecule has 19 heavy (non-hydrogen) atoms. The van der Waals surface area contributed by atoms with Gasteiger partial charge in [0.2, 0.25) is 0 Å². The molecule has 5 heteroatoms. The maximum Gasteiger partial charge on any atom is 0.315 e. The van der Waals surface area contributed by atoms with Gasteiger partial charge in [0.15, 0.2) is 0 Å². The van der Waals surface area contributed by atoms with Crippen molar-refractivity contribution in [3.05, 3.63) is 46.2 Å². The smallest absolute Gasteiger partial charge is 0.315 e. The minimum atomic E-state index is -0.775. The third kappa shape index (κ3) is 1.98. The number of benzene rings is 1. The van der Waals surface area contributed by atoms with Crippen LogP contribution in [0.3, 0.4) is 0 Å². The van der Waals surface area contributed by atoms with Gasteiger partial charge in [0.25, 0.3) is 0 Å². The summed E-state index contributed by atoms with van der Waals surface area (Å²) in [4.78, 5) is 11.3. The highest BCUT2D eigenvalue weighted by atomic mass is 79.9. The van der Waals surface area contributed by atoms with Gasteiger partial charge >= 0.3 is 5.97 Å². The van der Waals surface area contributed by atoms with Crippen LogP contribution in [0.25, 0.3) is 5.69 Å². The summed E-state index contributed by atoms with van der Waals surface area (Å²) in [5.74, 6) is -0.775. The molecule has 1 N–H and O–H groups in total. The zero-order valence-corrected chi connectivity index (χ0v) is 12.0. The Morgan fingerprint density at radius 2 is 2.16 bits per heavy atom. The van der Waals surface area contributed by atoms with E-state index in [0.29, 0.717) is 18.5 Å². The Bertz CT molecular complexity index is 659. The van der Waals surface area contributed by atoms with Crippen LogP contribution in [0.4, 0.5) is 0 Å². The van der Waals surface area contributed by atoms with Crippen molar-refractivity contribution in [3.63, 3.8) is 0 Å². The van der Waals surface area contributed by atoms with Gasteiger partial charge in [0.1, 0.15) is 5.41 Å². The second-order valence-electron chi connectivity index (χ2n) is 4.97. The number of carbonyl (C=O) groups is 1. The number of nitrogens with zero attached hydrogens (tertiary/aromatic N) is 2. The Morgan fingerprint density at radius 1 is 1.42 bits per heavy atom. The SMILES string of the molecule is Cc1ccc(-n2ccc(C3(C(=O)O)CC3)n2)cc1Br. The molecule has 0 amide bonds. The zero-order chi connectivity index (χ0) is 13.6. The van der Waals surface area contributed by atoms with E-state index < -0.39 is 11.4 Å². The average Bonchev–Trinajstić information content (AvgIpc) is 3.05. The van der Waals surface area contributed by atoms with Crippen molar-refractivity contribution >= 4 is 21.9 Å². The van der Waals surface area contributed by atoms with Crippen LogP contribution < -0.4 is 0 Å². The van der Waals surface area contributed by atoms with Crippen LogP contribution in [0.1, 0.15) is 24.1 Å². The van der Waals surface area contributed by atoms with Gasteiger partial charge in [-0.2, -0.15) is 5.10 Å². The van der Waals surface area contributed by atoms with Crippen molar-refractivity contribution in [1.82, 2.24) is 9.78 Å². The largest absolute Gasteiger partial charge is 0.481 e. The van der Waals surface area contributed by atoms with Gasteiger partial charge in [0.05, 0.1) is 11.4 Å². The Kier molecular flexibility index (Phi) is 2.74. The molecular weight excluding hydrogens is 308 g/mol. The van der Waals surface area contributed by atoms with Crippen molar-refractivity contribution in [1.29, 1.82) is 0 Å². The van der Waals surface area contributed by atoms with E-state index in [-0.39, 0.29) is 0 Å². The Morgan fingerprint density at radius 3 is 2.74 bits per heavy atom. The lowest BCUT2D eigenvalue weighted by atomic mass is 10.0. The second kappa shape index (κ2) is 4.20. The highest BCUT2D eigenvalue weighted by Gasteiger charge is 2.53. The molecule has 1 aliphatic carbocycles. The first-order valence-corrected chi connectivity index (χ1v) is 6.88. The van der Waals surface area contributed by atoms with E-state index in [1.54, 1.807) is 10.7 Å². The predicted molar refractivity (Wildman–Crippen MR) is 74.5 cm³/mol. The quantitative estimate of drug-likeness (QED) is 0.945. The van der Waals surface area contributed by atoms with Gasteiger partial charge in [-0.15, -0.1) is 0 Å². The van der Waals surface area contributed by atoms with Gasteiger partial charge in [-0.1, -0.05) is 22.0 Å². The van der Waals surface area contributed by atoms with Crippen molar-refractivity contribution in [2.24, 2.45) is 0 Å². The minimum Gasteiger partial charge on any atom is -0.481 e. The van der Waals surface area contributed by atoms with E-state index >= 15 is 0 Å². The Hall–Kier alpha value is -1.62. The lowest BCUT2D eigenvalue weighted by Gasteiger charge is -2.06. The third-order valence-electron chi connectivity index (χ3n) is 3.66. The molecule has 0 aliphatic heterocycles. The van der Waals surface area contributed by atoms with Crippen molar-refractivity contribution in [3.8, 4) is 5.69 Å². The molecule has 0 bridgehead atoms. The summed E-state index contributed by atoms with van der Waals surface area (Å²) in [6, 6.07) is 7.75. The van der Waals surface area contributed by atoms with E-state index in [0.717, 1.165) is 15.7 Å². The summed E-state index contributed by atoms with van der Waals surface area (Å²) >= 11 is 3.49. The van der Waals surface area contributed by atoms with E-state index in [1.165, 1.54) is 0 Å². The number of hydrogen-bond donors (Lipinski definition) is 1. The van der Waals surface area contributed by atoms with Crippen LogP contribution >= 0.6 is 15.9 Å². The summed E-state index contributed by atoms with van der Waals surface area (Å²) in [5.41, 5.74) is 1.98. The fourth-order valence-corrected chi connectivity index (χ4v) is 2.52. The monoisotopic (exact) mass is 320 g/mol. The summed E-state index contributed by atoms with van der Waals surface area (Å²) < 4.78 is 2.74. The molecule has 1 aromatic heterocycles. The lowest BCUT2D eigenvalue weighted by molar-refractivity contribution is -0.140. The molecule has 1 fully saturated rings. The van der Waals surface area contributed by atoms with E-state index in [2.05, 4.69) is 21.0 Å². The first-order chi connectivity index (χ1) is 9.03. The van der Waals surface area contributed by atoms with Gasteiger partial charge in [-0.3, -0.25) is 4.79 Å². The summed E-state index contributed by atoms with van der Waals surface area (Å²) in [5, 5.41) is 13.7. The highest BCUT2D eigenvalue weighted by molar-refractivity contribution is 9.10. The number of rotatable bonds is 3. The van der Waals surface area contributed by atoms with E-state index in [9.17, 15) is 9.90 Å². The van der Waals surface area contributed by atoms with Crippen LogP contribution in [0.2, 0.25) is 0 Å². The van der Waals surface area contributed by atoms with E-state index in [4.69, 9.17) is 0 Å². The van der Waals surface area contributed by atoms with Crippen LogP contribution in [-0.2, 0) is 10.2 Å². The standard InChI is InChI=1S/C14H13BrN2O2/c1-9-2-3-10(8-11(9)15)17-7-4-12(16-17)14(5-6-14)13(18)19/h2-4,7-8H,5-6H2,1H3,(H,18,19). The number of hydrogen-bond acceptors (Lipinski definition) is 2. The topological polar surface area (TPSA) is 55.1 Å². The van der Waals surface area contributed by atoms with Crippen molar-refractivity contribution < 1.29 is 9.90 Å². The molecule has 1 aromatic carbocycles. The molecule has 0 unspecified atom stereocenters. The molecule has 3 rings (SSSR count). The number of aryl methyl sites for hydroxylation is 1. The molecule has 0 saturated heterocycles. The summed E-state index contributed by atoms with van der Waals surface area (Å²) in [6.45, 7) is 2.02. The average molecular weight is 321 g/mol. The van der Waals surface area contributed by atoms with Gasteiger partial charge in [0, 0.05) is 10.7 Å². The molecule has 0 radical (unpaired) electrons. The number of halogens is 1. The predicted octanol–water partition coefficient (Wildman–Crippen LogP) is 3.06. The van der Waals surface area contributed by atoms with Crippen molar-refractivity contribution in [2.45, 2.75) is 25.2 Å². The second-order valence-corrected chi connectivity index (χ2v) is 5.82. The molecule has 4 nitrogen and oxygen atoms in total. The minimum absolute atomic E-state index is 0.650. The van der Waals surface area contributed by atoms with Crippen LogP contribution in [0, 0.1) is 6.92 Å². The normalized spacial score (nSPS) is 16.3. The molecule has 1 heterocycles. The van der Waals surface area contributed by atoms with Crippen LogP contribution in [0.15, 0.2) is 34.9 Å². The fourth-order valence-electron chi connectivity index (χ4n) is 2.15. The maximum absolute atomic E-state index is 11.3. The van der Waals surface area contributed by atoms with Crippen LogP contribution in [-0.4, -0.2) is 20.9 Å². The van der Waals surface area contributed by atoms with Crippen molar-refractivity contribution in [2.75, 3.05) is 0 Å². The molecule has 1 saturated carbocycles. The van der Waals surface area contributed by atoms with Gasteiger partial charge < -0.3 is 5.11 Å².